The molecule has 2 rings (SSSR count). The van der Waals surface area contributed by atoms with Gasteiger partial charge in [0.2, 0.25) is 0 Å². The monoisotopic (exact) mass is 257 g/mol. The number of rotatable bonds is 2. The second kappa shape index (κ2) is 3.81. The zero-order chi connectivity index (χ0) is 12.8. The Labute approximate surface area is 102 Å². The van der Waals surface area contributed by atoms with Gasteiger partial charge in [-0.25, -0.2) is 0 Å². The van der Waals surface area contributed by atoms with E-state index in [1.807, 2.05) is 0 Å². The molecule has 0 atom stereocenters. The molecule has 0 fully saturated rings. The number of ketones is 1. The number of nitrogens with zero attached hydrogens (tertiary/aromatic N) is 1. The maximum Gasteiger partial charge on any atom is 0.385 e. The van der Waals surface area contributed by atoms with Crippen LogP contribution in [0.2, 0.25) is 0 Å². The normalized spacial score (nSPS) is 12.1. The Bertz CT molecular complexity index is 598. The van der Waals surface area contributed by atoms with Gasteiger partial charge >= 0.3 is 5.38 Å². The minimum absolute atomic E-state index is 0.0110. The minimum atomic E-state index is -3.87. The SMILES string of the molecule is Cc1c(C(=O)C(F)(F)Cl)c2ccccc2n1C. The molecule has 0 radical (unpaired) electrons. The molecule has 0 bridgehead atoms. The first-order valence-corrected chi connectivity index (χ1v) is 5.37. The second-order valence-electron chi connectivity index (χ2n) is 3.86. The standard InChI is InChI=1S/C12H10ClF2NO/c1-7-10(11(17)12(13,14)15)8-5-3-4-6-9(8)16(7)2/h3-6H,1-2H3. The van der Waals surface area contributed by atoms with Crippen LogP contribution < -0.4 is 0 Å². The molecule has 0 unspecified atom stereocenters. The number of carbonyl (C=O) groups is 1. The number of aromatic nitrogens is 1. The lowest BCUT2D eigenvalue weighted by molar-refractivity contribution is 0.0537. The van der Waals surface area contributed by atoms with Gasteiger partial charge in [0.15, 0.2) is 0 Å². The molecule has 90 valence electrons. The molecule has 0 saturated heterocycles. The topological polar surface area (TPSA) is 22.0 Å². The number of hydrogen-bond donors (Lipinski definition) is 0. The van der Waals surface area contributed by atoms with Gasteiger partial charge in [-0.3, -0.25) is 4.79 Å². The molecule has 0 amide bonds. The second-order valence-corrected chi connectivity index (χ2v) is 4.34. The first-order chi connectivity index (χ1) is 7.84. The molecular formula is C12H10ClF2NO. The summed E-state index contributed by atoms with van der Waals surface area (Å²) in [5, 5.41) is -3.37. The lowest BCUT2D eigenvalue weighted by atomic mass is 10.1. The smallest absolute Gasteiger partial charge is 0.347 e. The van der Waals surface area contributed by atoms with Crippen LogP contribution in [-0.4, -0.2) is 15.7 Å². The van der Waals surface area contributed by atoms with Crippen LogP contribution in [0.3, 0.4) is 0 Å². The van der Waals surface area contributed by atoms with Gasteiger partial charge in [0, 0.05) is 23.6 Å². The molecule has 17 heavy (non-hydrogen) atoms. The van der Waals surface area contributed by atoms with Crippen molar-refractivity contribution in [2.24, 2.45) is 7.05 Å². The summed E-state index contributed by atoms with van der Waals surface area (Å²) in [6.45, 7) is 1.62. The number of aryl methyl sites for hydroxylation is 1. The summed E-state index contributed by atoms with van der Waals surface area (Å²) in [5.74, 6) is -1.35. The van der Waals surface area contributed by atoms with Crippen molar-refractivity contribution >= 4 is 28.3 Å². The van der Waals surface area contributed by atoms with E-state index in [-0.39, 0.29) is 5.56 Å². The fourth-order valence-electron chi connectivity index (χ4n) is 1.95. The first-order valence-electron chi connectivity index (χ1n) is 4.99. The molecule has 0 N–H and O–H groups in total. The maximum atomic E-state index is 12.9. The number of fused-ring (bicyclic) bond motifs is 1. The third-order valence-electron chi connectivity index (χ3n) is 2.88. The van der Waals surface area contributed by atoms with E-state index in [1.165, 1.54) is 0 Å². The van der Waals surface area contributed by atoms with Crippen molar-refractivity contribution in [1.82, 2.24) is 4.57 Å². The molecule has 0 aliphatic heterocycles. The van der Waals surface area contributed by atoms with Crippen molar-refractivity contribution in [2.45, 2.75) is 12.3 Å². The average molecular weight is 258 g/mol. The molecule has 5 heteroatoms. The van der Waals surface area contributed by atoms with E-state index in [4.69, 9.17) is 11.6 Å². The van der Waals surface area contributed by atoms with E-state index in [0.29, 0.717) is 11.1 Å². The van der Waals surface area contributed by atoms with Gasteiger partial charge in [0.05, 0.1) is 5.56 Å². The molecule has 0 spiro atoms. The highest BCUT2D eigenvalue weighted by Crippen LogP contribution is 2.32. The number of para-hydroxylation sites is 1. The van der Waals surface area contributed by atoms with Gasteiger partial charge in [-0.05, 0) is 24.6 Å². The van der Waals surface area contributed by atoms with Crippen molar-refractivity contribution in [3.05, 3.63) is 35.5 Å². The Morgan fingerprint density at radius 1 is 1.35 bits per heavy atom. The average Bonchev–Trinajstić information content (AvgIpc) is 2.51. The molecule has 1 aromatic heterocycles. The predicted octanol–water partition coefficient (Wildman–Crippen LogP) is 3.50. The number of Topliss-reactive ketones (excluding diaryl/α,β-unsaturated/α-hetero) is 1. The third kappa shape index (κ3) is 1.82. The molecular weight excluding hydrogens is 248 g/mol. The summed E-state index contributed by atoms with van der Waals surface area (Å²) in [6.07, 6.45) is 0. The fraction of sp³-hybridized carbons (Fsp3) is 0.250. The maximum absolute atomic E-state index is 12.9. The molecule has 1 heterocycles. The number of alkyl halides is 3. The van der Waals surface area contributed by atoms with Crippen LogP contribution in [0.25, 0.3) is 10.9 Å². The Hall–Kier alpha value is -1.42. The van der Waals surface area contributed by atoms with E-state index in [1.54, 1.807) is 42.8 Å². The highest BCUT2D eigenvalue weighted by molar-refractivity contribution is 6.36. The fourth-order valence-corrected chi connectivity index (χ4v) is 2.04. The Balaban J connectivity index is 2.78. The van der Waals surface area contributed by atoms with Crippen LogP contribution in [0.1, 0.15) is 16.1 Å². The van der Waals surface area contributed by atoms with E-state index < -0.39 is 11.2 Å². The number of carbonyl (C=O) groups excluding carboxylic acids is 1. The molecule has 2 aromatic rings. The van der Waals surface area contributed by atoms with Crippen molar-refractivity contribution in [1.29, 1.82) is 0 Å². The van der Waals surface area contributed by atoms with Gasteiger partial charge in [0.1, 0.15) is 0 Å². The Morgan fingerprint density at radius 2 is 1.94 bits per heavy atom. The lowest BCUT2D eigenvalue weighted by Gasteiger charge is -2.06. The summed E-state index contributed by atoms with van der Waals surface area (Å²) in [7, 11) is 1.72. The van der Waals surface area contributed by atoms with Crippen LogP contribution in [0.4, 0.5) is 8.78 Å². The van der Waals surface area contributed by atoms with Crippen LogP contribution >= 0.6 is 11.6 Å². The van der Waals surface area contributed by atoms with Crippen LogP contribution in [0.15, 0.2) is 24.3 Å². The van der Waals surface area contributed by atoms with Crippen LogP contribution in [0, 0.1) is 6.92 Å². The van der Waals surface area contributed by atoms with E-state index in [2.05, 4.69) is 0 Å². The molecule has 1 aromatic carbocycles. The van der Waals surface area contributed by atoms with Crippen LogP contribution in [-0.2, 0) is 7.05 Å². The summed E-state index contributed by atoms with van der Waals surface area (Å²) >= 11 is 4.81. The third-order valence-corrected chi connectivity index (χ3v) is 3.06. The number of halogens is 3. The van der Waals surface area contributed by atoms with Crippen LogP contribution in [0.5, 0.6) is 0 Å². The lowest BCUT2D eigenvalue weighted by Crippen LogP contribution is -2.22. The molecule has 2 nitrogen and oxygen atoms in total. The van der Waals surface area contributed by atoms with E-state index >= 15 is 0 Å². The highest BCUT2D eigenvalue weighted by atomic mass is 35.5. The molecule has 0 saturated carbocycles. The predicted molar refractivity (Wildman–Crippen MR) is 62.8 cm³/mol. The van der Waals surface area contributed by atoms with Gasteiger partial charge < -0.3 is 4.57 Å². The van der Waals surface area contributed by atoms with Gasteiger partial charge in [-0.1, -0.05) is 18.2 Å². The molecule has 0 aliphatic rings. The Morgan fingerprint density at radius 3 is 2.53 bits per heavy atom. The summed E-state index contributed by atoms with van der Waals surface area (Å²) < 4.78 is 27.6. The van der Waals surface area contributed by atoms with Crippen molar-refractivity contribution in [3.63, 3.8) is 0 Å². The number of benzene rings is 1. The number of hydrogen-bond acceptors (Lipinski definition) is 1. The van der Waals surface area contributed by atoms with Crippen molar-refractivity contribution in [3.8, 4) is 0 Å². The summed E-state index contributed by atoms with van der Waals surface area (Å²) in [4.78, 5) is 11.6. The van der Waals surface area contributed by atoms with E-state index in [9.17, 15) is 13.6 Å². The zero-order valence-corrected chi connectivity index (χ0v) is 10.1. The van der Waals surface area contributed by atoms with Crippen molar-refractivity contribution < 1.29 is 13.6 Å². The van der Waals surface area contributed by atoms with E-state index in [0.717, 1.165) is 5.52 Å². The summed E-state index contributed by atoms with van der Waals surface area (Å²) in [6, 6.07) is 6.89. The zero-order valence-electron chi connectivity index (χ0n) is 9.30. The van der Waals surface area contributed by atoms with Crippen molar-refractivity contribution in [2.75, 3.05) is 0 Å². The van der Waals surface area contributed by atoms with Gasteiger partial charge in [-0.15, -0.1) is 0 Å². The quantitative estimate of drug-likeness (QED) is 0.596. The first kappa shape index (κ1) is 12.0. The van der Waals surface area contributed by atoms with Gasteiger partial charge in [0.25, 0.3) is 5.78 Å². The largest absolute Gasteiger partial charge is 0.385 e. The minimum Gasteiger partial charge on any atom is -0.347 e. The Kier molecular flexibility index (Phi) is 2.70. The summed E-state index contributed by atoms with van der Waals surface area (Å²) in [5.41, 5.74) is 1.20. The molecule has 0 aliphatic carbocycles. The van der Waals surface area contributed by atoms with Gasteiger partial charge in [-0.2, -0.15) is 8.78 Å². The highest BCUT2D eigenvalue weighted by Gasteiger charge is 2.39.